The zero-order valence-corrected chi connectivity index (χ0v) is 12.5. The van der Waals surface area contributed by atoms with Crippen molar-refractivity contribution in [1.29, 1.82) is 0 Å². The van der Waals surface area contributed by atoms with E-state index < -0.39 is 6.04 Å². The monoisotopic (exact) mass is 312 g/mol. The van der Waals surface area contributed by atoms with Crippen LogP contribution in [-0.4, -0.2) is 30.1 Å². The first-order chi connectivity index (χ1) is 11.1. The largest absolute Gasteiger partial charge is 0.508 e. The number of carbonyl (C=O) groups is 2. The number of benzene rings is 2. The minimum atomic E-state index is -0.617. The van der Waals surface area contributed by atoms with Crippen LogP contribution in [0.3, 0.4) is 0 Å². The molecule has 6 heteroatoms. The Balaban J connectivity index is 1.77. The quantitative estimate of drug-likeness (QED) is 0.668. The highest BCUT2D eigenvalue weighted by atomic mass is 16.5. The number of nitrogens with one attached hydrogen (secondary N) is 1. The standard InChI is InChI=1S/C17H16N2O4/c1-23-14-8-4-12(5-9-14)19-16(21)10-15(17(19)22)18-11-2-6-13(20)7-3-11/h2-9,15,18,20H,10H2,1H3/t15-/m0/s1. The van der Waals surface area contributed by atoms with Crippen LogP contribution < -0.4 is 15.0 Å². The Labute approximate surface area is 133 Å². The lowest BCUT2D eigenvalue weighted by Gasteiger charge is -2.16. The fraction of sp³-hybridized carbons (Fsp3) is 0.176. The second kappa shape index (κ2) is 6.00. The van der Waals surface area contributed by atoms with Gasteiger partial charge in [0.15, 0.2) is 0 Å². The molecule has 2 amide bonds. The second-order valence-electron chi connectivity index (χ2n) is 5.21. The van der Waals surface area contributed by atoms with Gasteiger partial charge in [-0.3, -0.25) is 9.59 Å². The highest BCUT2D eigenvalue weighted by molar-refractivity contribution is 6.23. The van der Waals surface area contributed by atoms with E-state index in [2.05, 4.69) is 5.32 Å². The summed E-state index contributed by atoms with van der Waals surface area (Å²) in [4.78, 5) is 25.9. The lowest BCUT2D eigenvalue weighted by molar-refractivity contribution is -0.121. The number of hydrogen-bond donors (Lipinski definition) is 2. The summed E-state index contributed by atoms with van der Waals surface area (Å²) < 4.78 is 5.07. The van der Waals surface area contributed by atoms with Gasteiger partial charge in [0.25, 0.3) is 5.91 Å². The number of phenolic OH excluding ortho intramolecular Hbond substituents is 1. The summed E-state index contributed by atoms with van der Waals surface area (Å²) >= 11 is 0. The van der Waals surface area contributed by atoms with Gasteiger partial charge in [-0.1, -0.05) is 0 Å². The van der Waals surface area contributed by atoms with Gasteiger partial charge in [-0.2, -0.15) is 0 Å². The summed E-state index contributed by atoms with van der Waals surface area (Å²) in [5.41, 5.74) is 1.20. The maximum atomic E-state index is 12.5. The molecule has 23 heavy (non-hydrogen) atoms. The zero-order valence-electron chi connectivity index (χ0n) is 12.5. The van der Waals surface area contributed by atoms with E-state index >= 15 is 0 Å². The number of anilines is 2. The Morgan fingerprint density at radius 3 is 2.35 bits per heavy atom. The maximum Gasteiger partial charge on any atom is 0.256 e. The Bertz CT molecular complexity index is 725. The molecule has 118 valence electrons. The molecule has 0 bridgehead atoms. The lowest BCUT2D eigenvalue weighted by Crippen LogP contribution is -2.34. The first kappa shape index (κ1) is 14.9. The average Bonchev–Trinajstić information content (AvgIpc) is 2.84. The van der Waals surface area contributed by atoms with Gasteiger partial charge in [0.2, 0.25) is 5.91 Å². The maximum absolute atomic E-state index is 12.5. The number of carbonyl (C=O) groups excluding carboxylic acids is 2. The van der Waals surface area contributed by atoms with E-state index in [-0.39, 0.29) is 24.0 Å². The topological polar surface area (TPSA) is 78.9 Å². The van der Waals surface area contributed by atoms with Crippen molar-refractivity contribution >= 4 is 23.2 Å². The number of methoxy groups -OCH3 is 1. The van der Waals surface area contributed by atoms with Crippen molar-refractivity contribution in [2.75, 3.05) is 17.3 Å². The normalized spacial score (nSPS) is 17.4. The molecule has 2 aromatic carbocycles. The van der Waals surface area contributed by atoms with Crippen LogP contribution >= 0.6 is 0 Å². The predicted octanol–water partition coefficient (Wildman–Crippen LogP) is 2.14. The number of ether oxygens (including phenoxy) is 1. The van der Waals surface area contributed by atoms with Gasteiger partial charge in [-0.15, -0.1) is 0 Å². The molecular formula is C17H16N2O4. The number of imide groups is 1. The summed E-state index contributed by atoms with van der Waals surface area (Å²) in [5, 5.41) is 12.3. The molecular weight excluding hydrogens is 296 g/mol. The average molecular weight is 312 g/mol. The van der Waals surface area contributed by atoms with Crippen LogP contribution in [0.4, 0.5) is 11.4 Å². The summed E-state index contributed by atoms with van der Waals surface area (Å²) in [6.45, 7) is 0. The number of amides is 2. The smallest absolute Gasteiger partial charge is 0.256 e. The molecule has 1 fully saturated rings. The Morgan fingerprint density at radius 1 is 1.09 bits per heavy atom. The molecule has 0 spiro atoms. The van der Waals surface area contributed by atoms with Gasteiger partial charge in [0.1, 0.15) is 17.5 Å². The van der Waals surface area contributed by atoms with Crippen molar-refractivity contribution in [3.8, 4) is 11.5 Å². The fourth-order valence-electron chi connectivity index (χ4n) is 2.51. The molecule has 1 aliphatic rings. The van der Waals surface area contributed by atoms with Crippen LogP contribution in [0.25, 0.3) is 0 Å². The van der Waals surface area contributed by atoms with Crippen LogP contribution in [0.15, 0.2) is 48.5 Å². The predicted molar refractivity (Wildman–Crippen MR) is 85.6 cm³/mol. The molecule has 1 atom stereocenters. The van der Waals surface area contributed by atoms with E-state index in [0.29, 0.717) is 17.1 Å². The van der Waals surface area contributed by atoms with E-state index in [9.17, 15) is 14.7 Å². The van der Waals surface area contributed by atoms with E-state index in [4.69, 9.17) is 4.74 Å². The van der Waals surface area contributed by atoms with Crippen LogP contribution in [0.2, 0.25) is 0 Å². The number of nitrogens with zero attached hydrogens (tertiary/aromatic N) is 1. The van der Waals surface area contributed by atoms with Crippen LogP contribution in [-0.2, 0) is 9.59 Å². The SMILES string of the molecule is COc1ccc(N2C(=O)C[C@H](Nc3ccc(O)cc3)C2=O)cc1. The number of aromatic hydroxyl groups is 1. The molecule has 2 aromatic rings. The van der Waals surface area contributed by atoms with E-state index in [1.807, 2.05) is 0 Å². The Hall–Kier alpha value is -3.02. The van der Waals surface area contributed by atoms with E-state index in [0.717, 1.165) is 0 Å². The number of rotatable bonds is 4. The lowest BCUT2D eigenvalue weighted by atomic mass is 10.2. The molecule has 0 aromatic heterocycles. The van der Waals surface area contributed by atoms with Crippen molar-refractivity contribution in [2.24, 2.45) is 0 Å². The minimum Gasteiger partial charge on any atom is -0.508 e. The van der Waals surface area contributed by atoms with Gasteiger partial charge in [-0.25, -0.2) is 4.90 Å². The Kier molecular flexibility index (Phi) is 3.89. The summed E-state index contributed by atoms with van der Waals surface area (Å²) in [5.74, 6) is 0.250. The molecule has 1 saturated heterocycles. The summed E-state index contributed by atoms with van der Waals surface area (Å²) in [7, 11) is 1.55. The number of hydrogen-bond acceptors (Lipinski definition) is 5. The van der Waals surface area contributed by atoms with Gasteiger partial charge in [-0.05, 0) is 48.5 Å². The highest BCUT2D eigenvalue weighted by Crippen LogP contribution is 2.27. The highest BCUT2D eigenvalue weighted by Gasteiger charge is 2.39. The fourth-order valence-corrected chi connectivity index (χ4v) is 2.51. The first-order valence-corrected chi connectivity index (χ1v) is 7.15. The minimum absolute atomic E-state index is 0.0890. The van der Waals surface area contributed by atoms with Gasteiger partial charge >= 0.3 is 0 Å². The molecule has 6 nitrogen and oxygen atoms in total. The van der Waals surface area contributed by atoms with Crippen molar-refractivity contribution in [2.45, 2.75) is 12.5 Å². The molecule has 0 saturated carbocycles. The Morgan fingerprint density at radius 2 is 1.74 bits per heavy atom. The van der Waals surface area contributed by atoms with Crippen molar-refractivity contribution in [3.05, 3.63) is 48.5 Å². The molecule has 2 N–H and O–H groups in total. The molecule has 0 aliphatic carbocycles. The molecule has 0 radical (unpaired) electrons. The van der Waals surface area contributed by atoms with Gasteiger partial charge < -0.3 is 15.2 Å². The molecule has 0 unspecified atom stereocenters. The summed E-state index contributed by atoms with van der Waals surface area (Å²) in [6, 6.07) is 12.5. The van der Waals surface area contributed by atoms with Crippen LogP contribution in [0.1, 0.15) is 6.42 Å². The van der Waals surface area contributed by atoms with Crippen molar-refractivity contribution < 1.29 is 19.4 Å². The zero-order chi connectivity index (χ0) is 16.4. The van der Waals surface area contributed by atoms with Gasteiger partial charge in [0.05, 0.1) is 19.2 Å². The molecule has 3 rings (SSSR count). The van der Waals surface area contributed by atoms with Crippen molar-refractivity contribution in [3.63, 3.8) is 0 Å². The third kappa shape index (κ3) is 2.96. The third-order valence-electron chi connectivity index (χ3n) is 3.69. The van der Waals surface area contributed by atoms with E-state index in [1.165, 1.54) is 17.0 Å². The van der Waals surface area contributed by atoms with E-state index in [1.54, 1.807) is 43.5 Å². The van der Waals surface area contributed by atoms with Crippen LogP contribution in [0, 0.1) is 0 Å². The second-order valence-corrected chi connectivity index (χ2v) is 5.21. The van der Waals surface area contributed by atoms with Crippen molar-refractivity contribution in [1.82, 2.24) is 0 Å². The number of phenols is 1. The summed E-state index contributed by atoms with van der Waals surface area (Å²) in [6.07, 6.45) is 0.0890. The van der Waals surface area contributed by atoms with Gasteiger partial charge in [0, 0.05) is 5.69 Å². The third-order valence-corrected chi connectivity index (χ3v) is 3.69. The van der Waals surface area contributed by atoms with Crippen LogP contribution in [0.5, 0.6) is 11.5 Å². The molecule has 1 heterocycles. The first-order valence-electron chi connectivity index (χ1n) is 7.15. The molecule has 1 aliphatic heterocycles.